The lowest BCUT2D eigenvalue weighted by Gasteiger charge is -2.05. The second-order valence-corrected chi connectivity index (χ2v) is 6.30. The number of nitrogens with two attached hydrogens (primary N) is 1. The van der Waals surface area contributed by atoms with E-state index in [-0.39, 0.29) is 11.3 Å². The molecule has 0 radical (unpaired) electrons. The van der Waals surface area contributed by atoms with E-state index in [1.165, 1.54) is 30.0 Å². The second kappa shape index (κ2) is 7.31. The molecule has 3 aromatic rings. The lowest BCUT2D eigenvalue weighted by Crippen LogP contribution is -2.11. The molecule has 0 fully saturated rings. The van der Waals surface area contributed by atoms with Gasteiger partial charge in [-0.3, -0.25) is 19.9 Å². The maximum atomic E-state index is 11.3. The molecule has 1 aromatic carbocycles. The highest BCUT2D eigenvalue weighted by atomic mass is 32.2. The zero-order chi connectivity index (χ0) is 18.7. The van der Waals surface area contributed by atoms with E-state index in [1.54, 1.807) is 23.0 Å². The summed E-state index contributed by atoms with van der Waals surface area (Å²) >= 11 is 1.31. The quantitative estimate of drug-likeness (QED) is 0.400. The van der Waals surface area contributed by atoms with Gasteiger partial charge in [0.2, 0.25) is 5.91 Å². The number of rotatable bonds is 6. The predicted molar refractivity (Wildman–Crippen MR) is 95.4 cm³/mol. The molecular weight excluding hydrogens is 356 g/mol. The standard InChI is InChI=1S/C16H14N6O3S/c1-21-15(11-3-2-6-18-8-11)19-20-16(21)26-9-12-5-4-10(14(17)23)7-13(12)22(24)25/h2-8H,9H2,1H3,(H2,17,23). The smallest absolute Gasteiger partial charge is 0.274 e. The third-order valence-electron chi connectivity index (χ3n) is 3.68. The summed E-state index contributed by atoms with van der Waals surface area (Å²) in [6, 6.07) is 7.88. The van der Waals surface area contributed by atoms with Gasteiger partial charge in [-0.15, -0.1) is 10.2 Å². The van der Waals surface area contributed by atoms with Gasteiger partial charge in [-0.1, -0.05) is 17.8 Å². The summed E-state index contributed by atoms with van der Waals surface area (Å²) in [6.45, 7) is 0. The summed E-state index contributed by atoms with van der Waals surface area (Å²) in [6.07, 6.45) is 3.36. The van der Waals surface area contributed by atoms with Crippen LogP contribution in [0, 0.1) is 10.1 Å². The maximum absolute atomic E-state index is 11.3. The largest absolute Gasteiger partial charge is 0.366 e. The Kier molecular flexibility index (Phi) is 4.94. The number of nitro benzene ring substituents is 1. The molecule has 2 aromatic heterocycles. The fourth-order valence-electron chi connectivity index (χ4n) is 2.34. The van der Waals surface area contributed by atoms with Crippen LogP contribution < -0.4 is 5.73 Å². The van der Waals surface area contributed by atoms with Gasteiger partial charge < -0.3 is 10.3 Å². The van der Waals surface area contributed by atoms with Crippen molar-refractivity contribution in [2.24, 2.45) is 12.8 Å². The van der Waals surface area contributed by atoms with Crippen LogP contribution in [0.5, 0.6) is 0 Å². The monoisotopic (exact) mass is 370 g/mol. The number of hydrogen-bond acceptors (Lipinski definition) is 7. The van der Waals surface area contributed by atoms with E-state index in [0.29, 0.717) is 22.3 Å². The molecule has 3 rings (SSSR count). The summed E-state index contributed by atoms with van der Waals surface area (Å²) in [5, 5.41) is 20.2. The van der Waals surface area contributed by atoms with Gasteiger partial charge in [-0.25, -0.2) is 0 Å². The average molecular weight is 370 g/mol. The molecule has 132 valence electrons. The van der Waals surface area contributed by atoms with E-state index in [9.17, 15) is 14.9 Å². The SMILES string of the molecule is Cn1c(SCc2ccc(C(N)=O)cc2[N+](=O)[O-])nnc1-c1cccnc1. The number of primary amides is 1. The first-order valence-electron chi connectivity index (χ1n) is 7.47. The fourth-order valence-corrected chi connectivity index (χ4v) is 3.25. The predicted octanol–water partition coefficient (Wildman–Crippen LogP) is 2.18. The fraction of sp³-hybridized carbons (Fsp3) is 0.125. The van der Waals surface area contributed by atoms with Gasteiger partial charge in [0.25, 0.3) is 5.69 Å². The molecule has 1 amide bonds. The molecule has 2 N–H and O–H groups in total. The zero-order valence-corrected chi connectivity index (χ0v) is 14.5. The summed E-state index contributed by atoms with van der Waals surface area (Å²) in [7, 11) is 1.81. The van der Waals surface area contributed by atoms with Crippen molar-refractivity contribution < 1.29 is 9.72 Å². The van der Waals surface area contributed by atoms with Crippen LogP contribution in [0.15, 0.2) is 47.9 Å². The molecule has 0 saturated heterocycles. The molecule has 9 nitrogen and oxygen atoms in total. The highest BCUT2D eigenvalue weighted by Gasteiger charge is 2.18. The maximum Gasteiger partial charge on any atom is 0.274 e. The van der Waals surface area contributed by atoms with Gasteiger partial charge in [0.05, 0.1) is 4.92 Å². The van der Waals surface area contributed by atoms with Gasteiger partial charge in [0.1, 0.15) is 0 Å². The van der Waals surface area contributed by atoms with Gasteiger partial charge in [-0.2, -0.15) is 0 Å². The number of pyridine rings is 1. The number of nitrogens with zero attached hydrogens (tertiary/aromatic N) is 5. The molecule has 0 saturated carbocycles. The molecule has 26 heavy (non-hydrogen) atoms. The Hall–Kier alpha value is -3.27. The van der Waals surface area contributed by atoms with Crippen molar-refractivity contribution >= 4 is 23.4 Å². The van der Waals surface area contributed by atoms with Crippen molar-refractivity contribution in [3.05, 3.63) is 64.0 Å². The number of aromatic nitrogens is 4. The topological polar surface area (TPSA) is 130 Å². The highest BCUT2D eigenvalue weighted by Crippen LogP contribution is 2.29. The second-order valence-electron chi connectivity index (χ2n) is 5.36. The minimum Gasteiger partial charge on any atom is -0.366 e. The Morgan fingerprint density at radius 1 is 1.35 bits per heavy atom. The van der Waals surface area contributed by atoms with Crippen LogP contribution >= 0.6 is 11.8 Å². The number of benzene rings is 1. The third kappa shape index (κ3) is 3.54. The Labute approximate surface area is 152 Å². The van der Waals surface area contributed by atoms with E-state index in [1.807, 2.05) is 13.1 Å². The Morgan fingerprint density at radius 2 is 2.15 bits per heavy atom. The van der Waals surface area contributed by atoms with Crippen molar-refractivity contribution in [2.75, 3.05) is 0 Å². The molecule has 0 aliphatic rings. The number of amides is 1. The Morgan fingerprint density at radius 3 is 2.81 bits per heavy atom. The normalized spacial score (nSPS) is 10.7. The van der Waals surface area contributed by atoms with Gasteiger partial charge in [-0.05, 0) is 18.2 Å². The number of carbonyl (C=O) groups excluding carboxylic acids is 1. The zero-order valence-electron chi connectivity index (χ0n) is 13.7. The molecule has 2 heterocycles. The van der Waals surface area contributed by atoms with Crippen molar-refractivity contribution in [3.8, 4) is 11.4 Å². The first kappa shape index (κ1) is 17.5. The van der Waals surface area contributed by atoms with Crippen molar-refractivity contribution in [2.45, 2.75) is 10.9 Å². The first-order chi connectivity index (χ1) is 12.5. The number of hydrogen-bond donors (Lipinski definition) is 1. The van der Waals surface area contributed by atoms with E-state index >= 15 is 0 Å². The van der Waals surface area contributed by atoms with E-state index in [4.69, 9.17) is 5.73 Å². The Bertz CT molecular complexity index is 973. The summed E-state index contributed by atoms with van der Waals surface area (Å²) in [5.74, 6) is 0.245. The molecular formula is C16H14N6O3S. The summed E-state index contributed by atoms with van der Waals surface area (Å²) in [5.41, 5.74) is 6.43. The molecule has 0 unspecified atom stereocenters. The molecule has 0 aliphatic heterocycles. The van der Waals surface area contributed by atoms with E-state index < -0.39 is 10.8 Å². The van der Waals surface area contributed by atoms with Gasteiger partial charge in [0, 0.05) is 48.0 Å². The van der Waals surface area contributed by atoms with E-state index in [2.05, 4.69) is 15.2 Å². The third-order valence-corrected chi connectivity index (χ3v) is 4.75. The Balaban J connectivity index is 1.83. The van der Waals surface area contributed by atoms with Crippen LogP contribution in [0.25, 0.3) is 11.4 Å². The van der Waals surface area contributed by atoms with E-state index in [0.717, 1.165) is 5.56 Å². The van der Waals surface area contributed by atoms with Crippen LogP contribution in [-0.4, -0.2) is 30.6 Å². The van der Waals surface area contributed by atoms with Crippen molar-refractivity contribution in [1.29, 1.82) is 0 Å². The number of thioether (sulfide) groups is 1. The minimum absolute atomic E-state index is 0.1000. The highest BCUT2D eigenvalue weighted by molar-refractivity contribution is 7.98. The van der Waals surface area contributed by atoms with Crippen LogP contribution in [0.1, 0.15) is 15.9 Å². The average Bonchev–Trinajstić information content (AvgIpc) is 3.01. The first-order valence-corrected chi connectivity index (χ1v) is 8.45. The molecule has 0 atom stereocenters. The molecule has 0 bridgehead atoms. The number of carbonyl (C=O) groups is 1. The minimum atomic E-state index is -0.707. The van der Waals surface area contributed by atoms with Gasteiger partial charge >= 0.3 is 0 Å². The van der Waals surface area contributed by atoms with Crippen molar-refractivity contribution in [3.63, 3.8) is 0 Å². The molecule has 0 aliphatic carbocycles. The molecule has 10 heteroatoms. The van der Waals surface area contributed by atoms with Gasteiger partial charge in [0.15, 0.2) is 11.0 Å². The van der Waals surface area contributed by atoms with Crippen LogP contribution in [0.4, 0.5) is 5.69 Å². The van der Waals surface area contributed by atoms with Crippen LogP contribution in [0.2, 0.25) is 0 Å². The summed E-state index contributed by atoms with van der Waals surface area (Å²) < 4.78 is 1.80. The number of nitro groups is 1. The lowest BCUT2D eigenvalue weighted by atomic mass is 10.1. The molecule has 0 spiro atoms. The van der Waals surface area contributed by atoms with Crippen LogP contribution in [-0.2, 0) is 12.8 Å². The lowest BCUT2D eigenvalue weighted by molar-refractivity contribution is -0.385. The summed E-state index contributed by atoms with van der Waals surface area (Å²) in [4.78, 5) is 26.0. The van der Waals surface area contributed by atoms with Crippen molar-refractivity contribution in [1.82, 2.24) is 19.7 Å². The van der Waals surface area contributed by atoms with Crippen LogP contribution in [0.3, 0.4) is 0 Å².